The van der Waals surface area contributed by atoms with Crippen molar-refractivity contribution < 1.29 is 4.79 Å². The van der Waals surface area contributed by atoms with E-state index in [4.69, 9.17) is 4.98 Å². The number of benzene rings is 1. The van der Waals surface area contributed by atoms with E-state index in [0.29, 0.717) is 24.0 Å². The molecule has 0 saturated heterocycles. The summed E-state index contributed by atoms with van der Waals surface area (Å²) in [6.07, 6.45) is 12.1. The fraction of sp³-hybridized carbons (Fsp3) is 0.192. The lowest BCUT2D eigenvalue weighted by atomic mass is 10.1. The number of amides is 1. The van der Waals surface area contributed by atoms with E-state index in [-0.39, 0.29) is 5.91 Å². The van der Waals surface area contributed by atoms with E-state index in [1.807, 2.05) is 64.8 Å². The molecule has 4 heterocycles. The highest BCUT2D eigenvalue weighted by Crippen LogP contribution is 2.28. The summed E-state index contributed by atoms with van der Waals surface area (Å²) in [5, 5.41) is 9.55. The van der Waals surface area contributed by atoms with Crippen LogP contribution in [0.3, 0.4) is 0 Å². The van der Waals surface area contributed by atoms with E-state index in [2.05, 4.69) is 25.6 Å². The molecule has 1 amide bonds. The quantitative estimate of drug-likeness (QED) is 0.340. The Morgan fingerprint density at radius 1 is 1.03 bits per heavy atom. The molecular formula is C26H23N7OS. The predicted octanol–water partition coefficient (Wildman–Crippen LogP) is 4.46. The summed E-state index contributed by atoms with van der Waals surface area (Å²) in [5.41, 5.74) is 5.09. The molecule has 4 aromatic heterocycles. The lowest BCUT2D eigenvalue weighted by molar-refractivity contribution is 0.0951. The standard InChI is InChI=1S/C26H23N7OS/c34-26(31-20-5-6-20)19-3-1-18(2-4-19)22-15-30-25-24(29-12-9-23-28-13-14-35-23)32-21(16-33(22)25)17-7-10-27-11-8-17/h1-4,7-8,10-11,13-16,20H,5-6,9,12H2,(H,29,32)(H,31,34). The molecule has 0 aliphatic heterocycles. The second-order valence-corrected chi connectivity index (χ2v) is 9.45. The van der Waals surface area contributed by atoms with E-state index in [0.717, 1.165) is 52.4 Å². The van der Waals surface area contributed by atoms with Crippen LogP contribution in [0.15, 0.2) is 72.8 Å². The Balaban J connectivity index is 1.34. The van der Waals surface area contributed by atoms with Gasteiger partial charge in [-0.25, -0.2) is 15.0 Å². The van der Waals surface area contributed by atoms with Crippen molar-refractivity contribution in [3.05, 3.63) is 83.3 Å². The first-order valence-electron chi connectivity index (χ1n) is 11.6. The number of hydrogen-bond acceptors (Lipinski definition) is 7. The molecule has 8 nitrogen and oxygen atoms in total. The number of imidazole rings is 1. The van der Waals surface area contributed by atoms with Crippen molar-refractivity contribution in [3.8, 4) is 22.5 Å². The maximum Gasteiger partial charge on any atom is 0.251 e. The van der Waals surface area contributed by atoms with Crippen molar-refractivity contribution in [1.29, 1.82) is 0 Å². The number of carbonyl (C=O) groups is 1. The van der Waals surface area contributed by atoms with Crippen molar-refractivity contribution in [2.75, 3.05) is 11.9 Å². The molecule has 0 unspecified atom stereocenters. The molecule has 0 bridgehead atoms. The molecular weight excluding hydrogens is 458 g/mol. The minimum absolute atomic E-state index is 0.0203. The van der Waals surface area contributed by atoms with E-state index in [9.17, 15) is 4.79 Å². The van der Waals surface area contributed by atoms with Crippen LogP contribution >= 0.6 is 11.3 Å². The molecule has 6 rings (SSSR count). The van der Waals surface area contributed by atoms with Crippen LogP contribution in [-0.4, -0.2) is 42.8 Å². The highest BCUT2D eigenvalue weighted by atomic mass is 32.1. The van der Waals surface area contributed by atoms with Gasteiger partial charge in [0.15, 0.2) is 11.5 Å². The van der Waals surface area contributed by atoms with Gasteiger partial charge in [-0.3, -0.25) is 14.2 Å². The van der Waals surface area contributed by atoms with Gasteiger partial charge in [-0.15, -0.1) is 11.3 Å². The number of hydrogen-bond donors (Lipinski definition) is 2. The number of pyridine rings is 1. The number of aromatic nitrogens is 5. The van der Waals surface area contributed by atoms with Gasteiger partial charge in [0.05, 0.1) is 22.6 Å². The van der Waals surface area contributed by atoms with E-state index in [1.165, 1.54) is 0 Å². The lowest BCUT2D eigenvalue weighted by Gasteiger charge is -2.11. The first-order valence-corrected chi connectivity index (χ1v) is 12.4. The van der Waals surface area contributed by atoms with Gasteiger partial charge in [0.2, 0.25) is 0 Å². The van der Waals surface area contributed by atoms with Gasteiger partial charge >= 0.3 is 0 Å². The maximum atomic E-state index is 12.4. The summed E-state index contributed by atoms with van der Waals surface area (Å²) in [4.78, 5) is 30.4. The zero-order chi connectivity index (χ0) is 23.6. The summed E-state index contributed by atoms with van der Waals surface area (Å²) in [6.45, 7) is 0.697. The first-order chi connectivity index (χ1) is 17.2. The molecule has 0 radical (unpaired) electrons. The van der Waals surface area contributed by atoms with Gasteiger partial charge in [0.25, 0.3) is 5.91 Å². The average Bonchev–Trinajstić information content (AvgIpc) is 3.37. The van der Waals surface area contributed by atoms with E-state index < -0.39 is 0 Å². The molecule has 5 aromatic rings. The molecule has 1 fully saturated rings. The Morgan fingerprint density at radius 3 is 2.60 bits per heavy atom. The van der Waals surface area contributed by atoms with Crippen molar-refractivity contribution in [2.45, 2.75) is 25.3 Å². The van der Waals surface area contributed by atoms with Crippen molar-refractivity contribution >= 4 is 28.7 Å². The molecule has 0 atom stereocenters. The number of fused-ring (bicyclic) bond motifs is 1. The highest BCUT2D eigenvalue weighted by molar-refractivity contribution is 7.09. The number of carbonyl (C=O) groups excluding carboxylic acids is 1. The number of thiazole rings is 1. The topological polar surface area (TPSA) is 97.1 Å². The number of nitrogens with zero attached hydrogens (tertiary/aromatic N) is 5. The van der Waals surface area contributed by atoms with Crippen LogP contribution in [0.4, 0.5) is 5.82 Å². The lowest BCUT2D eigenvalue weighted by Crippen LogP contribution is -2.25. The van der Waals surface area contributed by atoms with Crippen LogP contribution in [0.25, 0.3) is 28.2 Å². The zero-order valence-electron chi connectivity index (χ0n) is 18.9. The minimum atomic E-state index is -0.0203. The normalized spacial score (nSPS) is 13.1. The fourth-order valence-electron chi connectivity index (χ4n) is 3.94. The fourth-order valence-corrected chi connectivity index (χ4v) is 4.56. The van der Waals surface area contributed by atoms with Crippen molar-refractivity contribution in [3.63, 3.8) is 0 Å². The van der Waals surface area contributed by atoms with E-state index in [1.54, 1.807) is 23.7 Å². The van der Waals surface area contributed by atoms with Crippen LogP contribution in [0, 0.1) is 0 Å². The molecule has 1 aliphatic rings. The van der Waals surface area contributed by atoms with Crippen molar-refractivity contribution in [2.24, 2.45) is 0 Å². The smallest absolute Gasteiger partial charge is 0.251 e. The van der Waals surface area contributed by atoms with Gasteiger partial charge in [-0.1, -0.05) is 12.1 Å². The largest absolute Gasteiger partial charge is 0.367 e. The Morgan fingerprint density at radius 2 is 1.86 bits per heavy atom. The summed E-state index contributed by atoms with van der Waals surface area (Å²) in [5.74, 6) is 0.690. The molecule has 1 aromatic carbocycles. The highest BCUT2D eigenvalue weighted by Gasteiger charge is 2.23. The number of rotatable bonds is 8. The SMILES string of the molecule is O=C(NC1CC1)c1ccc(-c2cnc3c(NCCc4nccs4)nc(-c4ccncc4)cn23)cc1. The third-order valence-corrected chi connectivity index (χ3v) is 6.78. The Kier molecular flexibility index (Phi) is 5.67. The third-order valence-electron chi connectivity index (χ3n) is 5.94. The molecule has 0 spiro atoms. The van der Waals surface area contributed by atoms with Crippen molar-refractivity contribution in [1.82, 2.24) is 29.7 Å². The van der Waals surface area contributed by atoms with Gasteiger partial charge in [-0.2, -0.15) is 0 Å². The van der Waals surface area contributed by atoms with E-state index >= 15 is 0 Å². The predicted molar refractivity (Wildman–Crippen MR) is 136 cm³/mol. The van der Waals surface area contributed by atoms with Crippen LogP contribution in [-0.2, 0) is 6.42 Å². The Hall–Kier alpha value is -4.11. The van der Waals surface area contributed by atoms with Crippen LogP contribution in [0.1, 0.15) is 28.2 Å². The summed E-state index contributed by atoms with van der Waals surface area (Å²) >= 11 is 1.64. The molecule has 35 heavy (non-hydrogen) atoms. The molecule has 1 aliphatic carbocycles. The summed E-state index contributed by atoms with van der Waals surface area (Å²) < 4.78 is 2.05. The zero-order valence-corrected chi connectivity index (χ0v) is 19.7. The number of anilines is 1. The van der Waals surface area contributed by atoms with Gasteiger partial charge in [0.1, 0.15) is 0 Å². The van der Waals surface area contributed by atoms with Crippen LogP contribution in [0.2, 0.25) is 0 Å². The van der Waals surface area contributed by atoms with Gasteiger partial charge in [-0.05, 0) is 37.1 Å². The van der Waals surface area contributed by atoms with Gasteiger partial charge < -0.3 is 10.6 Å². The molecule has 9 heteroatoms. The summed E-state index contributed by atoms with van der Waals surface area (Å²) in [6, 6.07) is 11.9. The first kappa shape index (κ1) is 21.4. The molecule has 174 valence electrons. The van der Waals surface area contributed by atoms with Crippen LogP contribution < -0.4 is 10.6 Å². The second kappa shape index (κ2) is 9.27. The summed E-state index contributed by atoms with van der Waals surface area (Å²) in [7, 11) is 0. The Labute approximate surface area is 206 Å². The Bertz CT molecular complexity index is 1460. The number of nitrogens with one attached hydrogen (secondary N) is 2. The third kappa shape index (κ3) is 4.63. The molecule has 1 saturated carbocycles. The average molecular weight is 482 g/mol. The monoisotopic (exact) mass is 481 g/mol. The molecule has 2 N–H and O–H groups in total. The second-order valence-electron chi connectivity index (χ2n) is 8.48. The van der Waals surface area contributed by atoms with Crippen LogP contribution in [0.5, 0.6) is 0 Å². The van der Waals surface area contributed by atoms with Gasteiger partial charge in [0, 0.05) is 65.9 Å². The minimum Gasteiger partial charge on any atom is -0.367 e. The maximum absolute atomic E-state index is 12.4.